The number of nitrogens with one attached hydrogen (secondary N) is 1. The second-order valence-electron chi connectivity index (χ2n) is 6.22. The van der Waals surface area contributed by atoms with Crippen molar-refractivity contribution in [3.05, 3.63) is 48.2 Å². The van der Waals surface area contributed by atoms with E-state index in [0.29, 0.717) is 6.42 Å². The Hall–Kier alpha value is -1.66. The van der Waals surface area contributed by atoms with E-state index in [1.54, 1.807) is 6.21 Å². The van der Waals surface area contributed by atoms with Crippen molar-refractivity contribution in [2.75, 3.05) is 11.5 Å². The lowest BCUT2D eigenvalue weighted by Gasteiger charge is -2.19. The van der Waals surface area contributed by atoms with Crippen LogP contribution in [0.2, 0.25) is 0 Å². The van der Waals surface area contributed by atoms with Gasteiger partial charge in [-0.3, -0.25) is 4.79 Å². The Morgan fingerprint density at radius 2 is 2.12 bits per heavy atom. The Bertz CT molecular complexity index is 819. The molecule has 2 heterocycles. The van der Waals surface area contributed by atoms with Crippen molar-refractivity contribution >= 4 is 46.5 Å². The topological polar surface area (TPSA) is 46.4 Å². The second-order valence-corrected chi connectivity index (χ2v) is 9.67. The minimum atomic E-state index is -0.0341. The zero-order valence-corrected chi connectivity index (χ0v) is 16.3. The van der Waals surface area contributed by atoms with Crippen LogP contribution in [0.25, 0.3) is 10.9 Å². The summed E-state index contributed by atoms with van der Waals surface area (Å²) < 4.78 is 2.19. The number of hydrazone groups is 1. The maximum Gasteiger partial charge on any atom is 0.242 e. The van der Waals surface area contributed by atoms with Gasteiger partial charge in [0.15, 0.2) is 0 Å². The summed E-state index contributed by atoms with van der Waals surface area (Å²) in [5.41, 5.74) is 6.00. The number of carbonyl (C=O) groups is 1. The summed E-state index contributed by atoms with van der Waals surface area (Å²) in [6.07, 6.45) is 4.13. The number of hydrogen-bond acceptors (Lipinski definition) is 4. The normalized spacial score (nSPS) is 16.6. The summed E-state index contributed by atoms with van der Waals surface area (Å²) in [6.45, 7) is 8.79. The molecular formula is C19H23N3OS2. The van der Waals surface area contributed by atoms with E-state index in [1.807, 2.05) is 41.7 Å². The van der Waals surface area contributed by atoms with E-state index >= 15 is 0 Å². The number of amides is 1. The van der Waals surface area contributed by atoms with Gasteiger partial charge in [-0.25, -0.2) is 5.43 Å². The highest BCUT2D eigenvalue weighted by atomic mass is 32.2. The highest BCUT2D eigenvalue weighted by Crippen LogP contribution is 2.45. The smallest absolute Gasteiger partial charge is 0.242 e. The van der Waals surface area contributed by atoms with E-state index in [0.717, 1.165) is 40.2 Å². The molecule has 1 amide bonds. The van der Waals surface area contributed by atoms with Gasteiger partial charge in [-0.05, 0) is 19.9 Å². The first kappa shape index (κ1) is 18.1. The van der Waals surface area contributed by atoms with Crippen LogP contribution in [0.3, 0.4) is 0 Å². The summed E-state index contributed by atoms with van der Waals surface area (Å²) in [6, 6.07) is 8.22. The molecule has 1 saturated heterocycles. The van der Waals surface area contributed by atoms with Crippen molar-refractivity contribution < 1.29 is 4.79 Å². The Morgan fingerprint density at radius 1 is 1.40 bits per heavy atom. The summed E-state index contributed by atoms with van der Waals surface area (Å²) in [7, 11) is 0. The maximum absolute atomic E-state index is 12.2. The third kappa shape index (κ3) is 3.96. The van der Waals surface area contributed by atoms with Crippen LogP contribution in [0.15, 0.2) is 42.0 Å². The molecule has 3 rings (SSSR count). The predicted molar refractivity (Wildman–Crippen MR) is 111 cm³/mol. The summed E-state index contributed by atoms with van der Waals surface area (Å²) >= 11 is 3.71. The number of hydrogen-bond donors (Lipinski definition) is 1. The average Bonchev–Trinajstić information content (AvgIpc) is 3.12. The predicted octanol–water partition coefficient (Wildman–Crippen LogP) is 4.17. The average molecular weight is 374 g/mol. The van der Waals surface area contributed by atoms with Gasteiger partial charge in [0.2, 0.25) is 5.91 Å². The minimum Gasteiger partial charge on any atom is -0.340 e. The van der Waals surface area contributed by atoms with E-state index in [-0.39, 0.29) is 9.99 Å². The number of para-hydroxylation sites is 1. The van der Waals surface area contributed by atoms with Crippen LogP contribution >= 0.6 is 23.5 Å². The quantitative estimate of drug-likeness (QED) is 0.470. The first-order valence-corrected chi connectivity index (χ1v) is 10.3. The first-order chi connectivity index (χ1) is 12.0. The molecule has 0 bridgehead atoms. The van der Waals surface area contributed by atoms with Gasteiger partial charge in [0.25, 0.3) is 0 Å². The SMILES string of the molecule is C=CCn1c(C)c(/C=N\NC(=O)CC2(C)SCCS2)c2ccccc21. The number of carbonyl (C=O) groups excluding carboxylic acids is 1. The molecular weight excluding hydrogens is 350 g/mol. The van der Waals surface area contributed by atoms with Crippen molar-refractivity contribution in [1.29, 1.82) is 0 Å². The lowest BCUT2D eigenvalue weighted by molar-refractivity contribution is -0.121. The van der Waals surface area contributed by atoms with Gasteiger partial charge in [0.1, 0.15) is 0 Å². The van der Waals surface area contributed by atoms with E-state index < -0.39 is 0 Å². The molecule has 1 aliphatic rings. The highest BCUT2D eigenvalue weighted by Gasteiger charge is 2.32. The fourth-order valence-electron chi connectivity index (χ4n) is 3.14. The fourth-order valence-corrected chi connectivity index (χ4v) is 5.97. The van der Waals surface area contributed by atoms with E-state index in [1.165, 1.54) is 0 Å². The Balaban J connectivity index is 1.76. The monoisotopic (exact) mass is 373 g/mol. The van der Waals surface area contributed by atoms with Crippen LogP contribution in [0.1, 0.15) is 24.6 Å². The molecule has 25 heavy (non-hydrogen) atoms. The number of thioether (sulfide) groups is 2. The van der Waals surface area contributed by atoms with Crippen molar-refractivity contribution in [3.8, 4) is 0 Å². The number of benzene rings is 1. The van der Waals surface area contributed by atoms with E-state index in [2.05, 4.69) is 47.7 Å². The highest BCUT2D eigenvalue weighted by molar-refractivity contribution is 8.21. The van der Waals surface area contributed by atoms with Gasteiger partial charge in [-0.1, -0.05) is 24.3 Å². The largest absolute Gasteiger partial charge is 0.340 e. The van der Waals surface area contributed by atoms with Gasteiger partial charge in [0, 0.05) is 40.2 Å². The molecule has 6 heteroatoms. The van der Waals surface area contributed by atoms with Gasteiger partial charge >= 0.3 is 0 Å². The molecule has 1 N–H and O–H groups in total. The number of fused-ring (bicyclic) bond motifs is 1. The molecule has 1 aromatic carbocycles. The molecule has 0 aliphatic carbocycles. The van der Waals surface area contributed by atoms with Crippen LogP contribution in [-0.2, 0) is 11.3 Å². The van der Waals surface area contributed by atoms with Crippen molar-refractivity contribution in [1.82, 2.24) is 9.99 Å². The number of nitrogens with zero attached hydrogens (tertiary/aromatic N) is 2. The summed E-state index contributed by atoms with van der Waals surface area (Å²) in [5, 5.41) is 5.35. The van der Waals surface area contributed by atoms with Gasteiger partial charge in [-0.2, -0.15) is 5.10 Å². The molecule has 0 atom stereocenters. The fraction of sp³-hybridized carbons (Fsp3) is 0.368. The molecule has 132 valence electrons. The Labute approximate surface area is 157 Å². The maximum atomic E-state index is 12.2. The standard InChI is InChI=1S/C19H23N3OS2/c1-4-9-22-14(2)16(15-7-5-6-8-17(15)22)13-20-21-18(23)12-19(3)24-10-11-25-19/h4-8,13H,1,9-12H2,2-3H3,(H,21,23)/b20-13-. The molecule has 0 saturated carbocycles. The van der Waals surface area contributed by atoms with Crippen molar-refractivity contribution in [3.63, 3.8) is 0 Å². The van der Waals surface area contributed by atoms with Crippen LogP contribution in [-0.4, -0.2) is 32.3 Å². The zero-order chi connectivity index (χ0) is 17.9. The molecule has 1 aliphatic heterocycles. The second kappa shape index (κ2) is 7.70. The summed E-state index contributed by atoms with van der Waals surface area (Å²) in [4.78, 5) is 12.2. The first-order valence-electron chi connectivity index (χ1n) is 8.32. The molecule has 0 spiro atoms. The number of rotatable bonds is 6. The summed E-state index contributed by atoms with van der Waals surface area (Å²) in [5.74, 6) is 2.19. The van der Waals surface area contributed by atoms with Gasteiger partial charge in [-0.15, -0.1) is 30.1 Å². The van der Waals surface area contributed by atoms with Crippen LogP contribution in [0, 0.1) is 6.92 Å². The molecule has 1 fully saturated rings. The molecule has 0 unspecified atom stereocenters. The van der Waals surface area contributed by atoms with Crippen molar-refractivity contribution in [2.24, 2.45) is 5.10 Å². The zero-order valence-electron chi connectivity index (χ0n) is 14.6. The lowest BCUT2D eigenvalue weighted by atomic mass is 10.1. The number of aromatic nitrogens is 1. The third-order valence-electron chi connectivity index (χ3n) is 4.35. The molecule has 1 aromatic heterocycles. The van der Waals surface area contributed by atoms with Crippen LogP contribution in [0.4, 0.5) is 0 Å². The lowest BCUT2D eigenvalue weighted by Crippen LogP contribution is -2.26. The van der Waals surface area contributed by atoms with Gasteiger partial charge in [0.05, 0.1) is 16.7 Å². The van der Waals surface area contributed by atoms with Crippen LogP contribution < -0.4 is 5.43 Å². The Morgan fingerprint density at radius 3 is 2.84 bits per heavy atom. The molecule has 4 nitrogen and oxygen atoms in total. The Kier molecular flexibility index (Phi) is 5.59. The third-order valence-corrected chi connectivity index (χ3v) is 7.65. The number of allylic oxidation sites excluding steroid dienone is 1. The van der Waals surface area contributed by atoms with E-state index in [4.69, 9.17) is 0 Å². The van der Waals surface area contributed by atoms with Gasteiger partial charge < -0.3 is 4.57 Å². The van der Waals surface area contributed by atoms with E-state index in [9.17, 15) is 4.79 Å². The van der Waals surface area contributed by atoms with Crippen LogP contribution in [0.5, 0.6) is 0 Å². The molecule has 0 radical (unpaired) electrons. The molecule has 2 aromatic rings. The minimum absolute atomic E-state index is 0.0183. The van der Waals surface area contributed by atoms with Crippen molar-refractivity contribution in [2.45, 2.75) is 30.9 Å².